The average molecular weight is 274 g/mol. The van der Waals surface area contributed by atoms with Crippen molar-refractivity contribution in [3.05, 3.63) is 0 Å². The van der Waals surface area contributed by atoms with E-state index in [1.54, 1.807) is 0 Å². The van der Waals surface area contributed by atoms with Gasteiger partial charge in [0.1, 0.15) is 6.04 Å². The van der Waals surface area contributed by atoms with Gasteiger partial charge >= 0.3 is 5.97 Å². The lowest BCUT2D eigenvalue weighted by molar-refractivity contribution is -0.148. The SMILES string of the molecule is Cl.Cl.NC[C@H](N)C(=O)N1CCC[C@H]1C(=O)O. The van der Waals surface area contributed by atoms with Crippen molar-refractivity contribution in [3.8, 4) is 0 Å². The Labute approximate surface area is 106 Å². The summed E-state index contributed by atoms with van der Waals surface area (Å²) in [6.45, 7) is 0.505. The van der Waals surface area contributed by atoms with Crippen molar-refractivity contribution in [1.29, 1.82) is 0 Å². The highest BCUT2D eigenvalue weighted by Gasteiger charge is 2.35. The van der Waals surface area contributed by atoms with E-state index >= 15 is 0 Å². The Morgan fingerprint density at radius 1 is 1.44 bits per heavy atom. The summed E-state index contributed by atoms with van der Waals surface area (Å²) in [5.74, 6) is -1.34. The highest BCUT2D eigenvalue weighted by atomic mass is 35.5. The summed E-state index contributed by atoms with van der Waals surface area (Å²) in [5.41, 5.74) is 10.7. The van der Waals surface area contributed by atoms with Crippen LogP contribution in [0.1, 0.15) is 12.8 Å². The molecule has 0 unspecified atom stereocenters. The van der Waals surface area contributed by atoms with Gasteiger partial charge in [0.25, 0.3) is 0 Å². The number of amides is 1. The molecule has 1 aliphatic rings. The fourth-order valence-electron chi connectivity index (χ4n) is 1.60. The van der Waals surface area contributed by atoms with Crippen LogP contribution < -0.4 is 11.5 Å². The third-order valence-electron chi connectivity index (χ3n) is 2.39. The van der Waals surface area contributed by atoms with E-state index < -0.39 is 18.1 Å². The molecular formula is C8H17Cl2N3O3. The largest absolute Gasteiger partial charge is 0.480 e. The molecule has 2 atom stereocenters. The van der Waals surface area contributed by atoms with E-state index in [1.807, 2.05) is 0 Å². The number of nitrogens with two attached hydrogens (primary N) is 2. The molecule has 1 fully saturated rings. The monoisotopic (exact) mass is 273 g/mol. The molecule has 1 rings (SSSR count). The van der Waals surface area contributed by atoms with Crippen LogP contribution in [0.15, 0.2) is 0 Å². The van der Waals surface area contributed by atoms with Crippen LogP contribution in [0, 0.1) is 0 Å². The smallest absolute Gasteiger partial charge is 0.326 e. The zero-order valence-corrected chi connectivity index (χ0v) is 10.3. The fraction of sp³-hybridized carbons (Fsp3) is 0.750. The maximum atomic E-state index is 11.5. The number of carbonyl (C=O) groups is 2. The van der Waals surface area contributed by atoms with Crippen molar-refractivity contribution in [3.63, 3.8) is 0 Å². The van der Waals surface area contributed by atoms with Gasteiger partial charge in [0, 0.05) is 13.1 Å². The fourth-order valence-corrected chi connectivity index (χ4v) is 1.60. The first-order chi connectivity index (χ1) is 6.57. The third kappa shape index (κ3) is 3.79. The zero-order chi connectivity index (χ0) is 10.7. The summed E-state index contributed by atoms with van der Waals surface area (Å²) in [4.78, 5) is 23.6. The molecule has 0 aliphatic carbocycles. The van der Waals surface area contributed by atoms with Crippen LogP contribution >= 0.6 is 24.8 Å². The molecule has 0 aromatic heterocycles. The minimum Gasteiger partial charge on any atom is -0.480 e. The number of nitrogens with zero attached hydrogens (tertiary/aromatic N) is 1. The molecule has 0 radical (unpaired) electrons. The average Bonchev–Trinajstić information content (AvgIpc) is 2.63. The van der Waals surface area contributed by atoms with Crippen LogP contribution in [-0.4, -0.2) is 47.1 Å². The number of carboxylic acids is 1. The number of likely N-dealkylation sites (tertiary alicyclic amines) is 1. The standard InChI is InChI=1S/C8H15N3O3.2ClH/c9-4-5(10)7(12)11-3-1-2-6(11)8(13)14;;/h5-6H,1-4,9-10H2,(H,13,14);2*1H/t5-,6-;;/m0../s1. The van der Waals surface area contributed by atoms with Gasteiger partial charge in [0.15, 0.2) is 0 Å². The van der Waals surface area contributed by atoms with Crippen molar-refractivity contribution in [2.75, 3.05) is 13.1 Å². The predicted molar refractivity (Wildman–Crippen MR) is 63.9 cm³/mol. The first-order valence-corrected chi connectivity index (χ1v) is 4.57. The van der Waals surface area contributed by atoms with Crippen molar-refractivity contribution in [2.45, 2.75) is 24.9 Å². The van der Waals surface area contributed by atoms with Crippen LogP contribution in [0.3, 0.4) is 0 Å². The minimum absolute atomic E-state index is 0. The molecule has 6 nitrogen and oxygen atoms in total. The van der Waals surface area contributed by atoms with Crippen molar-refractivity contribution < 1.29 is 14.7 Å². The van der Waals surface area contributed by atoms with Gasteiger partial charge in [-0.2, -0.15) is 0 Å². The molecule has 1 amide bonds. The Morgan fingerprint density at radius 2 is 2.00 bits per heavy atom. The predicted octanol–water partition coefficient (Wildman–Crippen LogP) is -0.808. The van der Waals surface area contributed by atoms with Gasteiger partial charge in [-0.05, 0) is 12.8 Å². The Morgan fingerprint density at radius 3 is 2.44 bits per heavy atom. The topological polar surface area (TPSA) is 110 Å². The number of rotatable bonds is 3. The molecule has 0 spiro atoms. The molecule has 1 aliphatic heterocycles. The number of carboxylic acid groups (broad SMARTS) is 1. The van der Waals surface area contributed by atoms with Crippen LogP contribution in [-0.2, 0) is 9.59 Å². The van der Waals surface area contributed by atoms with E-state index in [2.05, 4.69) is 0 Å². The second kappa shape index (κ2) is 7.67. The van der Waals surface area contributed by atoms with Crippen molar-refractivity contribution in [2.24, 2.45) is 11.5 Å². The van der Waals surface area contributed by atoms with Crippen LogP contribution in [0.5, 0.6) is 0 Å². The summed E-state index contributed by atoms with van der Waals surface area (Å²) in [5, 5.41) is 8.82. The molecule has 0 aromatic rings. The lowest BCUT2D eigenvalue weighted by Crippen LogP contribution is -2.51. The van der Waals surface area contributed by atoms with Crippen LogP contribution in [0.2, 0.25) is 0 Å². The van der Waals surface area contributed by atoms with E-state index in [0.717, 1.165) is 0 Å². The molecule has 0 bridgehead atoms. The number of aliphatic carboxylic acids is 1. The molecule has 16 heavy (non-hydrogen) atoms. The number of hydrogen-bond acceptors (Lipinski definition) is 4. The first-order valence-electron chi connectivity index (χ1n) is 4.57. The molecule has 0 aromatic carbocycles. The van der Waals surface area contributed by atoms with Crippen molar-refractivity contribution >= 4 is 36.7 Å². The molecule has 5 N–H and O–H groups in total. The van der Waals surface area contributed by atoms with E-state index in [4.69, 9.17) is 16.6 Å². The van der Waals surface area contributed by atoms with Crippen molar-refractivity contribution in [1.82, 2.24) is 4.90 Å². The van der Waals surface area contributed by atoms with Gasteiger partial charge in [0.05, 0.1) is 6.04 Å². The Balaban J connectivity index is 0. The maximum absolute atomic E-state index is 11.5. The molecule has 1 saturated heterocycles. The normalized spacial score (nSPS) is 20.6. The van der Waals surface area contributed by atoms with E-state index in [-0.39, 0.29) is 37.3 Å². The zero-order valence-electron chi connectivity index (χ0n) is 8.67. The summed E-state index contributed by atoms with van der Waals surface area (Å²) >= 11 is 0. The summed E-state index contributed by atoms with van der Waals surface area (Å²) < 4.78 is 0. The molecular weight excluding hydrogens is 257 g/mol. The van der Waals surface area contributed by atoms with E-state index in [1.165, 1.54) is 4.90 Å². The molecule has 96 valence electrons. The maximum Gasteiger partial charge on any atom is 0.326 e. The minimum atomic E-state index is -0.972. The second-order valence-electron chi connectivity index (χ2n) is 3.37. The molecule has 8 heteroatoms. The number of carbonyl (C=O) groups excluding carboxylic acids is 1. The van der Waals surface area contributed by atoms with Gasteiger partial charge < -0.3 is 21.5 Å². The Hall–Kier alpha value is -0.560. The van der Waals surface area contributed by atoms with Gasteiger partial charge in [-0.25, -0.2) is 4.79 Å². The number of hydrogen-bond donors (Lipinski definition) is 3. The summed E-state index contributed by atoms with van der Waals surface area (Å²) in [7, 11) is 0. The quantitative estimate of drug-likeness (QED) is 0.623. The van der Waals surface area contributed by atoms with E-state index in [9.17, 15) is 9.59 Å². The molecule has 1 heterocycles. The second-order valence-corrected chi connectivity index (χ2v) is 3.37. The lowest BCUT2D eigenvalue weighted by Gasteiger charge is -2.23. The van der Waals surface area contributed by atoms with Crippen LogP contribution in [0.25, 0.3) is 0 Å². The first kappa shape index (κ1) is 17.8. The van der Waals surface area contributed by atoms with Crippen LogP contribution in [0.4, 0.5) is 0 Å². The Bertz CT molecular complexity index is 253. The van der Waals surface area contributed by atoms with Gasteiger partial charge in [-0.3, -0.25) is 4.79 Å². The Kier molecular flexibility index (Phi) is 8.54. The number of halogens is 2. The molecule has 0 saturated carbocycles. The van der Waals surface area contributed by atoms with E-state index in [0.29, 0.717) is 19.4 Å². The third-order valence-corrected chi connectivity index (χ3v) is 2.39. The lowest BCUT2D eigenvalue weighted by atomic mass is 10.2. The van der Waals surface area contributed by atoms with Gasteiger partial charge in [-0.15, -0.1) is 24.8 Å². The summed E-state index contributed by atoms with van der Waals surface area (Å²) in [6.07, 6.45) is 1.21. The highest BCUT2D eigenvalue weighted by molar-refractivity contribution is 5.87. The van der Waals surface area contributed by atoms with Gasteiger partial charge in [0.2, 0.25) is 5.91 Å². The summed E-state index contributed by atoms with van der Waals surface area (Å²) in [6, 6.07) is -1.50. The highest BCUT2D eigenvalue weighted by Crippen LogP contribution is 2.17. The van der Waals surface area contributed by atoms with Gasteiger partial charge in [-0.1, -0.05) is 0 Å².